The molecule has 0 aliphatic heterocycles. The van der Waals surface area contributed by atoms with Gasteiger partial charge < -0.3 is 15.5 Å². The van der Waals surface area contributed by atoms with Crippen molar-refractivity contribution < 1.29 is 4.39 Å². The quantitative estimate of drug-likeness (QED) is 0.331. The zero-order valence-corrected chi connectivity index (χ0v) is 19.7. The van der Waals surface area contributed by atoms with Crippen molar-refractivity contribution in [2.24, 2.45) is 12.0 Å². The Balaban J connectivity index is 0.00000392. The molecule has 1 aromatic carbocycles. The summed E-state index contributed by atoms with van der Waals surface area (Å²) < 4.78 is 15.0. The van der Waals surface area contributed by atoms with E-state index in [9.17, 15) is 4.39 Å². The van der Waals surface area contributed by atoms with E-state index in [1.165, 1.54) is 6.07 Å². The molecule has 2 N–H and O–H groups in total. The number of hydrogen-bond donors (Lipinski definition) is 2. The minimum Gasteiger partial charge on any atom is -0.357 e. The number of halogens is 2. The van der Waals surface area contributed by atoms with Crippen molar-refractivity contribution in [2.75, 3.05) is 33.7 Å². The highest BCUT2D eigenvalue weighted by Gasteiger charge is 2.15. The molecule has 1 aromatic heterocycles. The monoisotopic (exact) mass is 502 g/mol. The van der Waals surface area contributed by atoms with Crippen LogP contribution in [0, 0.1) is 12.7 Å². The molecule has 0 saturated carbocycles. The predicted molar refractivity (Wildman–Crippen MR) is 124 cm³/mol. The Labute approximate surface area is 184 Å². The summed E-state index contributed by atoms with van der Waals surface area (Å²) in [6.45, 7) is 6.14. The van der Waals surface area contributed by atoms with Gasteiger partial charge in [0, 0.05) is 31.9 Å². The standard InChI is InChI=1S/C20H31FN6.HI/c1-6-22-20(23-10-9-16-7-8-18(21)11-15(16)2)24-13-19(26(3)4)17-12-25-27(5)14-17;/h7-8,11-12,14,19H,6,9-10,13H2,1-5H3,(H2,22,23,24);1H. The Bertz CT molecular complexity index is 759. The van der Waals surface area contributed by atoms with Gasteiger partial charge in [-0.1, -0.05) is 6.07 Å². The minimum absolute atomic E-state index is 0. The summed E-state index contributed by atoms with van der Waals surface area (Å²) in [5.74, 6) is 0.595. The van der Waals surface area contributed by atoms with Crippen molar-refractivity contribution >= 4 is 29.9 Å². The second kappa shape index (κ2) is 12.0. The van der Waals surface area contributed by atoms with Crippen LogP contribution in [0.2, 0.25) is 0 Å². The molecule has 156 valence electrons. The molecule has 0 saturated heterocycles. The second-order valence-electron chi connectivity index (χ2n) is 6.89. The number of likely N-dealkylation sites (N-methyl/N-ethyl adjacent to an activating group) is 1. The highest BCUT2D eigenvalue weighted by atomic mass is 127. The molecule has 1 unspecified atom stereocenters. The zero-order chi connectivity index (χ0) is 19.8. The van der Waals surface area contributed by atoms with Crippen LogP contribution in [0.25, 0.3) is 0 Å². The number of hydrogen-bond acceptors (Lipinski definition) is 3. The first-order chi connectivity index (χ1) is 12.9. The molecule has 1 atom stereocenters. The fraction of sp³-hybridized carbons (Fsp3) is 0.500. The molecular formula is C20H32FIN6. The van der Waals surface area contributed by atoms with Gasteiger partial charge in [0.15, 0.2) is 5.96 Å². The number of nitrogens with one attached hydrogen (secondary N) is 2. The van der Waals surface area contributed by atoms with Crippen molar-refractivity contribution in [1.82, 2.24) is 25.3 Å². The average Bonchev–Trinajstić information content (AvgIpc) is 3.02. The van der Waals surface area contributed by atoms with Crippen LogP contribution in [0.4, 0.5) is 4.39 Å². The maximum Gasteiger partial charge on any atom is 0.191 e. The van der Waals surface area contributed by atoms with Gasteiger partial charge in [-0.05, 0) is 57.6 Å². The van der Waals surface area contributed by atoms with E-state index >= 15 is 0 Å². The SMILES string of the molecule is CCNC(=NCC(c1cnn(C)c1)N(C)C)NCCc1ccc(F)cc1C.I. The molecule has 0 fully saturated rings. The molecule has 0 aliphatic rings. The Morgan fingerprint density at radius 2 is 2.07 bits per heavy atom. The predicted octanol–water partition coefficient (Wildman–Crippen LogP) is 2.89. The summed E-state index contributed by atoms with van der Waals surface area (Å²) in [4.78, 5) is 6.89. The number of rotatable bonds is 8. The van der Waals surface area contributed by atoms with Crippen LogP contribution in [0.1, 0.15) is 29.7 Å². The first-order valence-electron chi connectivity index (χ1n) is 9.33. The van der Waals surface area contributed by atoms with E-state index in [2.05, 4.69) is 20.6 Å². The van der Waals surface area contributed by atoms with Gasteiger partial charge in [0.05, 0.1) is 18.8 Å². The van der Waals surface area contributed by atoms with Gasteiger partial charge >= 0.3 is 0 Å². The molecule has 0 radical (unpaired) electrons. The Hall–Kier alpha value is -1.68. The first-order valence-corrected chi connectivity index (χ1v) is 9.33. The van der Waals surface area contributed by atoms with Gasteiger partial charge in [-0.15, -0.1) is 24.0 Å². The van der Waals surface area contributed by atoms with E-state index in [0.717, 1.165) is 42.2 Å². The van der Waals surface area contributed by atoms with Crippen molar-refractivity contribution in [3.05, 3.63) is 53.1 Å². The fourth-order valence-electron chi connectivity index (χ4n) is 2.95. The Kier molecular flexibility index (Phi) is 10.4. The molecule has 2 aromatic rings. The van der Waals surface area contributed by atoms with Crippen molar-refractivity contribution in [1.29, 1.82) is 0 Å². The minimum atomic E-state index is -0.191. The maximum absolute atomic E-state index is 13.2. The van der Waals surface area contributed by atoms with E-state index in [-0.39, 0.29) is 35.8 Å². The number of benzene rings is 1. The highest BCUT2D eigenvalue weighted by molar-refractivity contribution is 14.0. The second-order valence-corrected chi connectivity index (χ2v) is 6.89. The zero-order valence-electron chi connectivity index (χ0n) is 17.4. The molecule has 8 heteroatoms. The van der Waals surface area contributed by atoms with E-state index in [0.29, 0.717) is 6.54 Å². The summed E-state index contributed by atoms with van der Waals surface area (Å²) in [5, 5.41) is 10.9. The highest BCUT2D eigenvalue weighted by Crippen LogP contribution is 2.17. The van der Waals surface area contributed by atoms with Crippen molar-refractivity contribution in [2.45, 2.75) is 26.3 Å². The molecule has 0 amide bonds. The van der Waals surface area contributed by atoms with E-state index in [1.807, 2.05) is 58.1 Å². The normalized spacial score (nSPS) is 12.6. The summed E-state index contributed by atoms with van der Waals surface area (Å²) in [6, 6.07) is 5.09. The summed E-state index contributed by atoms with van der Waals surface area (Å²) in [5.41, 5.74) is 3.26. The van der Waals surface area contributed by atoms with Crippen LogP contribution in [0.3, 0.4) is 0 Å². The molecule has 0 aliphatic carbocycles. The van der Waals surface area contributed by atoms with Gasteiger partial charge in [-0.25, -0.2) is 4.39 Å². The topological polar surface area (TPSA) is 57.5 Å². The van der Waals surface area contributed by atoms with Gasteiger partial charge in [0.2, 0.25) is 0 Å². The molecule has 1 heterocycles. The van der Waals surface area contributed by atoms with Gasteiger partial charge in [0.1, 0.15) is 5.82 Å². The number of aryl methyl sites for hydroxylation is 2. The smallest absolute Gasteiger partial charge is 0.191 e. The lowest BCUT2D eigenvalue weighted by Gasteiger charge is -2.22. The third-order valence-corrected chi connectivity index (χ3v) is 4.49. The lowest BCUT2D eigenvalue weighted by molar-refractivity contribution is 0.306. The molecule has 6 nitrogen and oxygen atoms in total. The van der Waals surface area contributed by atoms with Gasteiger partial charge in [0.25, 0.3) is 0 Å². The number of guanidine groups is 1. The van der Waals surface area contributed by atoms with Gasteiger partial charge in [-0.3, -0.25) is 9.67 Å². The Morgan fingerprint density at radius 1 is 1.32 bits per heavy atom. The number of aromatic nitrogens is 2. The van der Waals surface area contributed by atoms with Crippen molar-refractivity contribution in [3.8, 4) is 0 Å². The Morgan fingerprint density at radius 3 is 2.64 bits per heavy atom. The summed E-state index contributed by atoms with van der Waals surface area (Å²) in [7, 11) is 6.01. The average molecular weight is 502 g/mol. The van der Waals surface area contributed by atoms with Crippen LogP contribution in [0.15, 0.2) is 35.6 Å². The van der Waals surface area contributed by atoms with Crippen LogP contribution >= 0.6 is 24.0 Å². The third-order valence-electron chi connectivity index (χ3n) is 4.49. The number of nitrogens with zero attached hydrogens (tertiary/aromatic N) is 4. The van der Waals surface area contributed by atoms with Crippen LogP contribution < -0.4 is 10.6 Å². The van der Waals surface area contributed by atoms with E-state index < -0.39 is 0 Å². The van der Waals surface area contributed by atoms with Crippen molar-refractivity contribution in [3.63, 3.8) is 0 Å². The van der Waals surface area contributed by atoms with Crippen LogP contribution in [0.5, 0.6) is 0 Å². The lowest BCUT2D eigenvalue weighted by Crippen LogP contribution is -2.39. The molecule has 2 rings (SSSR count). The summed E-state index contributed by atoms with van der Waals surface area (Å²) in [6.07, 6.45) is 4.73. The largest absolute Gasteiger partial charge is 0.357 e. The molecule has 0 bridgehead atoms. The van der Waals surface area contributed by atoms with Crippen LogP contribution in [-0.4, -0.2) is 54.4 Å². The first kappa shape index (κ1) is 24.4. The molecular weight excluding hydrogens is 470 g/mol. The maximum atomic E-state index is 13.2. The molecule has 0 spiro atoms. The number of aliphatic imine (C=N–C) groups is 1. The van der Waals surface area contributed by atoms with Gasteiger partial charge in [-0.2, -0.15) is 5.10 Å². The summed E-state index contributed by atoms with van der Waals surface area (Å²) >= 11 is 0. The van der Waals surface area contributed by atoms with Crippen LogP contribution in [-0.2, 0) is 13.5 Å². The fourth-order valence-corrected chi connectivity index (χ4v) is 2.95. The van der Waals surface area contributed by atoms with E-state index in [1.54, 1.807) is 6.07 Å². The van der Waals surface area contributed by atoms with E-state index in [4.69, 9.17) is 4.99 Å². The molecule has 28 heavy (non-hydrogen) atoms. The lowest BCUT2D eigenvalue weighted by atomic mass is 10.1. The third kappa shape index (κ3) is 7.38.